The van der Waals surface area contributed by atoms with E-state index in [0.29, 0.717) is 5.69 Å². The maximum atomic E-state index is 12.0. The van der Waals surface area contributed by atoms with Gasteiger partial charge < -0.3 is 5.73 Å². The Bertz CT molecular complexity index is 627. The van der Waals surface area contributed by atoms with Crippen LogP contribution in [0, 0.1) is 0 Å². The molecule has 0 saturated carbocycles. The molecule has 1 heterocycles. The van der Waals surface area contributed by atoms with E-state index in [9.17, 15) is 18.0 Å². The minimum Gasteiger partial charge on any atom is -0.399 e. The highest BCUT2D eigenvalue weighted by atomic mass is 32.2. The highest BCUT2D eigenvalue weighted by Gasteiger charge is 2.30. The average molecular weight is 283 g/mol. The van der Waals surface area contributed by atoms with Gasteiger partial charge >= 0.3 is 0 Å². The first-order valence-electron chi connectivity index (χ1n) is 5.60. The van der Waals surface area contributed by atoms with Crippen molar-refractivity contribution >= 4 is 27.5 Å². The second-order valence-corrected chi connectivity index (χ2v) is 5.91. The number of rotatable bonds is 3. The number of imide groups is 1. The summed E-state index contributed by atoms with van der Waals surface area (Å²) in [5, 5.41) is 2.09. The van der Waals surface area contributed by atoms with Crippen LogP contribution in [0.3, 0.4) is 0 Å². The molecule has 8 heteroatoms. The molecule has 0 radical (unpaired) electrons. The van der Waals surface area contributed by atoms with Crippen LogP contribution in [-0.4, -0.2) is 26.3 Å². The lowest BCUT2D eigenvalue weighted by Gasteiger charge is -2.21. The molecule has 0 aliphatic carbocycles. The van der Waals surface area contributed by atoms with Crippen molar-refractivity contribution in [1.29, 1.82) is 0 Å². The fourth-order valence-electron chi connectivity index (χ4n) is 1.74. The van der Waals surface area contributed by atoms with Gasteiger partial charge in [0.2, 0.25) is 21.8 Å². The lowest BCUT2D eigenvalue weighted by atomic mass is 10.1. The fourth-order valence-corrected chi connectivity index (χ4v) is 3.03. The minimum atomic E-state index is -3.83. The van der Waals surface area contributed by atoms with Crippen LogP contribution in [-0.2, 0) is 19.6 Å². The quantitative estimate of drug-likeness (QED) is 0.503. The standard InChI is InChI=1S/C11H13N3O4S/c12-7-2-1-3-8(6-7)19(17,18)14-9-4-5-10(15)13-11(9)16/h1-3,6,9,14H,4-5,12H2,(H,13,15,16). The van der Waals surface area contributed by atoms with Crippen LogP contribution in [0.15, 0.2) is 29.2 Å². The molecular weight excluding hydrogens is 270 g/mol. The molecule has 2 amide bonds. The topological polar surface area (TPSA) is 118 Å². The highest BCUT2D eigenvalue weighted by molar-refractivity contribution is 7.89. The van der Waals surface area contributed by atoms with Crippen molar-refractivity contribution < 1.29 is 18.0 Å². The Hall–Kier alpha value is -1.93. The first-order valence-corrected chi connectivity index (χ1v) is 7.08. The summed E-state index contributed by atoms with van der Waals surface area (Å²) < 4.78 is 26.4. The van der Waals surface area contributed by atoms with E-state index in [1.807, 2.05) is 0 Å². The van der Waals surface area contributed by atoms with Crippen molar-refractivity contribution in [1.82, 2.24) is 10.0 Å². The fraction of sp³-hybridized carbons (Fsp3) is 0.273. The molecule has 1 fully saturated rings. The minimum absolute atomic E-state index is 0.0165. The number of amides is 2. The van der Waals surface area contributed by atoms with Gasteiger partial charge in [-0.2, -0.15) is 4.72 Å². The number of carbonyl (C=O) groups is 2. The van der Waals surface area contributed by atoms with Crippen molar-refractivity contribution in [3.05, 3.63) is 24.3 Å². The van der Waals surface area contributed by atoms with E-state index in [1.54, 1.807) is 6.07 Å². The predicted molar refractivity (Wildman–Crippen MR) is 67.3 cm³/mol. The number of nitrogens with one attached hydrogen (secondary N) is 2. The molecule has 1 aromatic carbocycles. The molecule has 1 atom stereocenters. The number of nitrogen functional groups attached to an aromatic ring is 1. The molecule has 0 spiro atoms. The number of hydrogen-bond acceptors (Lipinski definition) is 5. The summed E-state index contributed by atoms with van der Waals surface area (Å²) in [5.74, 6) is -1.03. The predicted octanol–water partition coefficient (Wildman–Crippen LogP) is -0.648. The molecule has 7 nitrogen and oxygen atoms in total. The van der Waals surface area contributed by atoms with Crippen molar-refractivity contribution in [2.24, 2.45) is 0 Å². The van der Waals surface area contributed by atoms with E-state index in [1.165, 1.54) is 18.2 Å². The zero-order valence-electron chi connectivity index (χ0n) is 9.92. The molecule has 19 heavy (non-hydrogen) atoms. The molecule has 1 aliphatic heterocycles. The number of benzene rings is 1. The Morgan fingerprint density at radius 2 is 2.05 bits per heavy atom. The van der Waals surface area contributed by atoms with E-state index in [0.717, 1.165) is 0 Å². The van der Waals surface area contributed by atoms with Crippen LogP contribution in [0.4, 0.5) is 5.69 Å². The molecule has 1 unspecified atom stereocenters. The van der Waals surface area contributed by atoms with Crippen LogP contribution < -0.4 is 15.8 Å². The molecule has 0 aromatic heterocycles. The van der Waals surface area contributed by atoms with Crippen LogP contribution in [0.2, 0.25) is 0 Å². The van der Waals surface area contributed by atoms with E-state index in [2.05, 4.69) is 10.0 Å². The third-order valence-electron chi connectivity index (χ3n) is 2.70. The summed E-state index contributed by atoms with van der Waals surface area (Å²) in [7, 11) is -3.83. The van der Waals surface area contributed by atoms with Crippen LogP contribution in [0.25, 0.3) is 0 Å². The normalized spacial score (nSPS) is 20.1. The van der Waals surface area contributed by atoms with E-state index < -0.39 is 27.9 Å². The first kappa shape index (κ1) is 13.5. The van der Waals surface area contributed by atoms with Gasteiger partial charge in [-0.1, -0.05) is 6.07 Å². The summed E-state index contributed by atoms with van der Waals surface area (Å²) in [6, 6.07) is 4.81. The number of carbonyl (C=O) groups excluding carboxylic acids is 2. The summed E-state index contributed by atoms with van der Waals surface area (Å²) in [6.07, 6.45) is 0.252. The van der Waals surface area contributed by atoms with E-state index in [-0.39, 0.29) is 17.7 Å². The summed E-state index contributed by atoms with van der Waals surface area (Å²) in [6.45, 7) is 0. The molecule has 1 aliphatic rings. The first-order chi connectivity index (χ1) is 8.88. The Morgan fingerprint density at radius 3 is 2.68 bits per heavy atom. The van der Waals surface area contributed by atoms with Gasteiger partial charge in [0.05, 0.1) is 4.90 Å². The zero-order valence-corrected chi connectivity index (χ0v) is 10.7. The monoisotopic (exact) mass is 283 g/mol. The average Bonchev–Trinajstić information content (AvgIpc) is 2.33. The van der Waals surface area contributed by atoms with E-state index in [4.69, 9.17) is 5.73 Å². The SMILES string of the molecule is Nc1cccc(S(=O)(=O)NC2CCC(=O)NC2=O)c1. The largest absolute Gasteiger partial charge is 0.399 e. The summed E-state index contributed by atoms with van der Waals surface area (Å²) in [4.78, 5) is 22.5. The number of nitrogens with two attached hydrogens (primary N) is 1. The second kappa shape index (κ2) is 4.98. The summed E-state index contributed by atoms with van der Waals surface area (Å²) in [5.41, 5.74) is 5.83. The van der Waals surface area contributed by atoms with Gasteiger partial charge in [0.1, 0.15) is 6.04 Å². The van der Waals surface area contributed by atoms with Gasteiger partial charge in [-0.05, 0) is 24.6 Å². The van der Waals surface area contributed by atoms with Crippen LogP contribution in [0.5, 0.6) is 0 Å². The Kier molecular flexibility index (Phi) is 3.54. The maximum Gasteiger partial charge on any atom is 0.244 e. The molecule has 102 valence electrons. The molecular formula is C11H13N3O4S. The molecule has 1 saturated heterocycles. The lowest BCUT2D eigenvalue weighted by Crippen LogP contribution is -2.52. The van der Waals surface area contributed by atoms with Gasteiger partial charge in [-0.3, -0.25) is 14.9 Å². The van der Waals surface area contributed by atoms with E-state index >= 15 is 0 Å². The number of piperidine rings is 1. The Morgan fingerprint density at radius 1 is 1.32 bits per heavy atom. The molecule has 2 rings (SSSR count). The smallest absolute Gasteiger partial charge is 0.244 e. The maximum absolute atomic E-state index is 12.0. The van der Waals surface area contributed by atoms with Crippen molar-refractivity contribution in [3.8, 4) is 0 Å². The Balaban J connectivity index is 2.18. The van der Waals surface area contributed by atoms with Crippen LogP contribution >= 0.6 is 0 Å². The molecule has 4 N–H and O–H groups in total. The highest BCUT2D eigenvalue weighted by Crippen LogP contribution is 2.15. The lowest BCUT2D eigenvalue weighted by molar-refractivity contribution is -0.134. The molecule has 0 bridgehead atoms. The third-order valence-corrected chi connectivity index (χ3v) is 4.17. The van der Waals surface area contributed by atoms with Crippen LogP contribution in [0.1, 0.15) is 12.8 Å². The third kappa shape index (κ3) is 3.09. The second-order valence-electron chi connectivity index (χ2n) is 4.20. The zero-order chi connectivity index (χ0) is 14.0. The molecule has 1 aromatic rings. The van der Waals surface area contributed by atoms with Gasteiger partial charge in [0.15, 0.2) is 0 Å². The van der Waals surface area contributed by atoms with Gasteiger partial charge in [-0.15, -0.1) is 0 Å². The van der Waals surface area contributed by atoms with Crippen molar-refractivity contribution in [3.63, 3.8) is 0 Å². The Labute approximate surface area is 110 Å². The number of sulfonamides is 1. The van der Waals surface area contributed by atoms with Gasteiger partial charge in [-0.25, -0.2) is 8.42 Å². The van der Waals surface area contributed by atoms with Crippen molar-refractivity contribution in [2.75, 3.05) is 5.73 Å². The summed E-state index contributed by atoms with van der Waals surface area (Å²) >= 11 is 0. The van der Waals surface area contributed by atoms with Crippen molar-refractivity contribution in [2.45, 2.75) is 23.8 Å². The number of hydrogen-bond donors (Lipinski definition) is 3. The van der Waals surface area contributed by atoms with Gasteiger partial charge in [0, 0.05) is 12.1 Å². The van der Waals surface area contributed by atoms with Gasteiger partial charge in [0.25, 0.3) is 0 Å². The number of anilines is 1.